The zero-order valence-corrected chi connectivity index (χ0v) is 12.2. The molecule has 0 atom stereocenters. The minimum absolute atomic E-state index is 0.00139. The molecule has 2 rings (SSSR count). The van der Waals surface area contributed by atoms with Gasteiger partial charge in [0, 0.05) is 11.0 Å². The molecule has 0 heterocycles. The number of amides is 1. The van der Waals surface area contributed by atoms with E-state index in [0.29, 0.717) is 25.5 Å². The lowest BCUT2D eigenvalue weighted by atomic mass is 9.82. The summed E-state index contributed by atoms with van der Waals surface area (Å²) in [7, 11) is 0. The molecule has 1 aromatic carbocycles. The summed E-state index contributed by atoms with van der Waals surface area (Å²) in [5.74, 6) is 1.20. The third-order valence-electron chi connectivity index (χ3n) is 3.21. The van der Waals surface area contributed by atoms with Gasteiger partial charge in [-0.1, -0.05) is 15.9 Å². The van der Waals surface area contributed by atoms with Crippen molar-refractivity contribution >= 4 is 21.8 Å². The summed E-state index contributed by atoms with van der Waals surface area (Å²) in [5.41, 5.74) is 0. The van der Waals surface area contributed by atoms with E-state index in [1.54, 1.807) is 0 Å². The van der Waals surface area contributed by atoms with E-state index in [2.05, 4.69) is 21.2 Å². The highest BCUT2D eigenvalue weighted by Gasteiger charge is 2.26. The highest BCUT2D eigenvalue weighted by atomic mass is 79.9. The maximum absolute atomic E-state index is 11.6. The standard InChI is InChI=1S/C14H18BrNO3/c15-11-1-3-13(4-2-11)19-6-5-14(18)16-9-10-7-12(17)8-10/h1-4,10,12,17H,5-9H2,(H,16,18). The van der Waals surface area contributed by atoms with Crippen molar-refractivity contribution < 1.29 is 14.6 Å². The van der Waals surface area contributed by atoms with Crippen LogP contribution in [0.15, 0.2) is 28.7 Å². The Morgan fingerprint density at radius 1 is 1.37 bits per heavy atom. The fraction of sp³-hybridized carbons (Fsp3) is 0.500. The molecule has 0 saturated heterocycles. The molecule has 4 nitrogen and oxygen atoms in total. The Balaban J connectivity index is 1.57. The molecule has 1 saturated carbocycles. The molecule has 0 aromatic heterocycles. The van der Waals surface area contributed by atoms with Gasteiger partial charge < -0.3 is 15.2 Å². The third-order valence-corrected chi connectivity index (χ3v) is 3.74. The second kappa shape index (κ2) is 6.91. The van der Waals surface area contributed by atoms with E-state index >= 15 is 0 Å². The van der Waals surface area contributed by atoms with Crippen molar-refractivity contribution in [3.8, 4) is 5.75 Å². The molecule has 5 heteroatoms. The van der Waals surface area contributed by atoms with Crippen LogP contribution in [-0.2, 0) is 4.79 Å². The topological polar surface area (TPSA) is 58.6 Å². The van der Waals surface area contributed by atoms with Gasteiger partial charge in [-0.05, 0) is 43.0 Å². The first-order chi connectivity index (χ1) is 9.13. The fourth-order valence-electron chi connectivity index (χ4n) is 2.01. The first-order valence-electron chi connectivity index (χ1n) is 6.46. The van der Waals surface area contributed by atoms with Crippen molar-refractivity contribution in [1.29, 1.82) is 0 Å². The van der Waals surface area contributed by atoms with Crippen molar-refractivity contribution in [3.63, 3.8) is 0 Å². The highest BCUT2D eigenvalue weighted by Crippen LogP contribution is 2.26. The predicted octanol–water partition coefficient (Wildman–Crippen LogP) is 2.11. The molecule has 1 amide bonds. The predicted molar refractivity (Wildman–Crippen MR) is 76.0 cm³/mol. The number of benzene rings is 1. The van der Waals surface area contributed by atoms with Crippen LogP contribution >= 0.6 is 15.9 Å². The largest absolute Gasteiger partial charge is 0.493 e. The van der Waals surface area contributed by atoms with Gasteiger partial charge in [0.15, 0.2) is 0 Å². The van der Waals surface area contributed by atoms with Crippen LogP contribution in [0.2, 0.25) is 0 Å². The summed E-state index contributed by atoms with van der Waals surface area (Å²) in [6.07, 6.45) is 1.79. The lowest BCUT2D eigenvalue weighted by molar-refractivity contribution is -0.122. The number of carbonyl (C=O) groups is 1. The molecular weight excluding hydrogens is 310 g/mol. The molecule has 0 aliphatic heterocycles. The molecule has 0 bridgehead atoms. The van der Waals surface area contributed by atoms with E-state index in [1.165, 1.54) is 0 Å². The average molecular weight is 328 g/mol. The molecule has 104 valence electrons. The van der Waals surface area contributed by atoms with Gasteiger partial charge in [0.1, 0.15) is 5.75 Å². The van der Waals surface area contributed by atoms with E-state index in [1.807, 2.05) is 24.3 Å². The molecule has 19 heavy (non-hydrogen) atoms. The summed E-state index contributed by atoms with van der Waals surface area (Å²) in [4.78, 5) is 11.6. The van der Waals surface area contributed by atoms with Gasteiger partial charge in [0.2, 0.25) is 5.91 Å². The van der Waals surface area contributed by atoms with Gasteiger partial charge in [0.25, 0.3) is 0 Å². The van der Waals surface area contributed by atoms with Crippen LogP contribution in [0.5, 0.6) is 5.75 Å². The zero-order valence-electron chi connectivity index (χ0n) is 10.6. The Hall–Kier alpha value is -1.07. The second-order valence-electron chi connectivity index (χ2n) is 4.85. The summed E-state index contributed by atoms with van der Waals surface area (Å²) < 4.78 is 6.47. The van der Waals surface area contributed by atoms with Gasteiger partial charge in [-0.25, -0.2) is 0 Å². The molecule has 0 radical (unpaired) electrons. The summed E-state index contributed by atoms with van der Waals surface area (Å²) in [6, 6.07) is 7.52. The van der Waals surface area contributed by atoms with E-state index < -0.39 is 0 Å². The van der Waals surface area contributed by atoms with Crippen molar-refractivity contribution in [2.75, 3.05) is 13.2 Å². The second-order valence-corrected chi connectivity index (χ2v) is 5.76. The maximum Gasteiger partial charge on any atom is 0.223 e. The SMILES string of the molecule is O=C(CCOc1ccc(Br)cc1)NCC1CC(O)C1. The van der Waals surface area contributed by atoms with Crippen LogP contribution in [0.25, 0.3) is 0 Å². The first-order valence-corrected chi connectivity index (χ1v) is 7.26. The number of rotatable bonds is 6. The number of aliphatic hydroxyl groups excluding tert-OH is 1. The Labute approximate surface area is 121 Å². The number of hydrogen-bond acceptors (Lipinski definition) is 3. The van der Waals surface area contributed by atoms with Crippen LogP contribution in [0.4, 0.5) is 0 Å². The first kappa shape index (κ1) is 14.3. The molecular formula is C14H18BrNO3. The van der Waals surface area contributed by atoms with E-state index in [4.69, 9.17) is 9.84 Å². The van der Waals surface area contributed by atoms with Gasteiger partial charge in [0.05, 0.1) is 19.1 Å². The number of hydrogen-bond donors (Lipinski definition) is 2. The van der Waals surface area contributed by atoms with Gasteiger partial charge in [-0.3, -0.25) is 4.79 Å². The van der Waals surface area contributed by atoms with E-state index in [9.17, 15) is 4.79 Å². The normalized spacial score (nSPS) is 21.6. The van der Waals surface area contributed by atoms with Crippen molar-refractivity contribution in [1.82, 2.24) is 5.32 Å². The van der Waals surface area contributed by atoms with Crippen molar-refractivity contribution in [2.24, 2.45) is 5.92 Å². The van der Waals surface area contributed by atoms with Crippen LogP contribution in [0, 0.1) is 5.92 Å². The minimum Gasteiger partial charge on any atom is -0.493 e. The van der Waals surface area contributed by atoms with Crippen LogP contribution in [0.3, 0.4) is 0 Å². The molecule has 1 fully saturated rings. The number of carbonyl (C=O) groups excluding carboxylic acids is 1. The Morgan fingerprint density at radius 3 is 2.68 bits per heavy atom. The lowest BCUT2D eigenvalue weighted by Crippen LogP contribution is -2.38. The number of aliphatic hydroxyl groups is 1. The smallest absolute Gasteiger partial charge is 0.223 e. The minimum atomic E-state index is -0.164. The fourth-order valence-corrected chi connectivity index (χ4v) is 2.27. The third kappa shape index (κ3) is 4.84. The quantitative estimate of drug-likeness (QED) is 0.841. The van der Waals surface area contributed by atoms with E-state index in [-0.39, 0.29) is 12.0 Å². The van der Waals surface area contributed by atoms with E-state index in [0.717, 1.165) is 23.1 Å². The summed E-state index contributed by atoms with van der Waals surface area (Å²) in [5, 5.41) is 12.0. The number of nitrogens with one attached hydrogen (secondary N) is 1. The highest BCUT2D eigenvalue weighted by molar-refractivity contribution is 9.10. The van der Waals surface area contributed by atoms with Crippen molar-refractivity contribution in [2.45, 2.75) is 25.4 Å². The molecule has 0 spiro atoms. The van der Waals surface area contributed by atoms with Crippen LogP contribution in [0.1, 0.15) is 19.3 Å². The molecule has 1 aliphatic rings. The molecule has 1 aromatic rings. The average Bonchev–Trinajstić information content (AvgIpc) is 2.36. The monoisotopic (exact) mass is 327 g/mol. The Kier molecular flexibility index (Phi) is 5.22. The summed E-state index contributed by atoms with van der Waals surface area (Å²) in [6.45, 7) is 1.04. The maximum atomic E-state index is 11.6. The number of halogens is 1. The van der Waals surface area contributed by atoms with Crippen molar-refractivity contribution in [3.05, 3.63) is 28.7 Å². The van der Waals surface area contributed by atoms with Gasteiger partial charge >= 0.3 is 0 Å². The summed E-state index contributed by atoms with van der Waals surface area (Å²) >= 11 is 3.35. The molecule has 1 aliphatic carbocycles. The molecule has 2 N–H and O–H groups in total. The van der Waals surface area contributed by atoms with Crippen LogP contribution in [-0.4, -0.2) is 30.3 Å². The zero-order chi connectivity index (χ0) is 13.7. The Bertz CT molecular complexity index is 415. The molecule has 0 unspecified atom stereocenters. The van der Waals surface area contributed by atoms with Gasteiger partial charge in [-0.2, -0.15) is 0 Å². The Morgan fingerprint density at radius 2 is 2.05 bits per heavy atom. The lowest BCUT2D eigenvalue weighted by Gasteiger charge is -2.31. The number of ether oxygens (including phenoxy) is 1. The van der Waals surface area contributed by atoms with Crippen LogP contribution < -0.4 is 10.1 Å². The van der Waals surface area contributed by atoms with Gasteiger partial charge in [-0.15, -0.1) is 0 Å².